The van der Waals surface area contributed by atoms with Gasteiger partial charge in [-0.15, -0.1) is 0 Å². The minimum absolute atomic E-state index is 0.285. The molecule has 2 saturated carbocycles. The van der Waals surface area contributed by atoms with Gasteiger partial charge in [-0.3, -0.25) is 4.79 Å². The average molecular weight is 283 g/mol. The number of hydrogen-bond acceptors (Lipinski definition) is 1. The van der Waals surface area contributed by atoms with Crippen LogP contribution in [0.25, 0.3) is 0 Å². The van der Waals surface area contributed by atoms with Crippen molar-refractivity contribution in [3.8, 4) is 0 Å². The van der Waals surface area contributed by atoms with Gasteiger partial charge in [0.1, 0.15) is 0 Å². The van der Waals surface area contributed by atoms with Gasteiger partial charge in [-0.1, -0.05) is 24.6 Å². The van der Waals surface area contributed by atoms with Crippen LogP contribution in [-0.2, 0) is 0 Å². The van der Waals surface area contributed by atoms with Crippen LogP contribution in [0.15, 0.2) is 24.3 Å². The Morgan fingerprint density at radius 3 is 2.52 bits per heavy atom. The number of carbonyl (C=O) groups is 1. The lowest BCUT2D eigenvalue weighted by Gasteiger charge is -2.29. The molecule has 1 aliphatic heterocycles. The highest BCUT2D eigenvalue weighted by Crippen LogP contribution is 2.53. The maximum absolute atomic E-state index is 12.9. The molecule has 0 spiro atoms. The van der Waals surface area contributed by atoms with E-state index in [9.17, 15) is 4.79 Å². The number of nitrogens with zero attached hydrogens (tertiary/aromatic N) is 1. The van der Waals surface area contributed by atoms with Crippen LogP contribution in [-0.4, -0.2) is 23.9 Å². The van der Waals surface area contributed by atoms with E-state index in [2.05, 4.69) is 23.1 Å². The van der Waals surface area contributed by atoms with Crippen LogP contribution in [0.2, 0.25) is 0 Å². The maximum Gasteiger partial charge on any atom is 0.254 e. The summed E-state index contributed by atoms with van der Waals surface area (Å²) in [5.74, 6) is 2.70. The molecule has 4 rings (SSSR count). The summed E-state index contributed by atoms with van der Waals surface area (Å²) in [5, 5.41) is 0. The summed E-state index contributed by atoms with van der Waals surface area (Å²) in [6, 6.07) is 8.45. The molecule has 1 heterocycles. The largest absolute Gasteiger partial charge is 0.339 e. The minimum Gasteiger partial charge on any atom is -0.339 e. The fraction of sp³-hybridized carbons (Fsp3) is 0.632. The van der Waals surface area contributed by atoms with Crippen molar-refractivity contribution in [3.05, 3.63) is 35.4 Å². The summed E-state index contributed by atoms with van der Waals surface area (Å²) in [4.78, 5) is 15.0. The number of rotatable bonds is 2. The van der Waals surface area contributed by atoms with E-state index in [-0.39, 0.29) is 5.91 Å². The molecule has 3 atom stereocenters. The average Bonchev–Trinajstić information content (AvgIpc) is 3.18. The Morgan fingerprint density at radius 1 is 1.00 bits per heavy atom. The molecule has 2 bridgehead atoms. The van der Waals surface area contributed by atoms with Crippen molar-refractivity contribution >= 4 is 5.91 Å². The monoisotopic (exact) mass is 283 g/mol. The van der Waals surface area contributed by atoms with E-state index in [1.807, 2.05) is 6.07 Å². The van der Waals surface area contributed by atoms with E-state index in [1.54, 1.807) is 0 Å². The molecule has 112 valence electrons. The second kappa shape index (κ2) is 5.47. The first-order valence-electron chi connectivity index (χ1n) is 8.71. The van der Waals surface area contributed by atoms with Gasteiger partial charge in [0.15, 0.2) is 0 Å². The summed E-state index contributed by atoms with van der Waals surface area (Å²) >= 11 is 0. The van der Waals surface area contributed by atoms with Crippen LogP contribution in [0.3, 0.4) is 0 Å². The molecular formula is C19H25NO. The van der Waals surface area contributed by atoms with Gasteiger partial charge in [0.05, 0.1) is 0 Å². The maximum atomic E-state index is 12.9. The smallest absolute Gasteiger partial charge is 0.254 e. The van der Waals surface area contributed by atoms with Gasteiger partial charge in [0, 0.05) is 18.7 Å². The van der Waals surface area contributed by atoms with Gasteiger partial charge in [0.25, 0.3) is 5.91 Å². The molecule has 3 fully saturated rings. The lowest BCUT2D eigenvalue weighted by molar-refractivity contribution is 0.0722. The highest BCUT2D eigenvalue weighted by Gasteiger charge is 2.41. The first-order chi connectivity index (χ1) is 10.3. The summed E-state index contributed by atoms with van der Waals surface area (Å²) in [6.07, 6.45) is 9.12. The molecule has 1 amide bonds. The Kier molecular flexibility index (Phi) is 3.48. The number of likely N-dealkylation sites (tertiary alicyclic amines) is 1. The predicted octanol–water partition coefficient (Wildman–Crippen LogP) is 4.22. The molecule has 3 unspecified atom stereocenters. The molecule has 1 aromatic carbocycles. The topological polar surface area (TPSA) is 20.3 Å². The highest BCUT2D eigenvalue weighted by molar-refractivity contribution is 5.96. The predicted molar refractivity (Wildman–Crippen MR) is 84.4 cm³/mol. The number of fused-ring (bicyclic) bond motifs is 2. The molecule has 2 nitrogen and oxygen atoms in total. The van der Waals surface area contributed by atoms with Crippen LogP contribution < -0.4 is 0 Å². The van der Waals surface area contributed by atoms with E-state index in [1.165, 1.54) is 50.5 Å². The molecule has 3 aliphatic rings. The summed E-state index contributed by atoms with van der Waals surface area (Å²) < 4.78 is 0. The summed E-state index contributed by atoms with van der Waals surface area (Å²) in [7, 11) is 0. The normalized spacial score (nSPS) is 31.6. The second-order valence-electron chi connectivity index (χ2n) is 7.22. The quantitative estimate of drug-likeness (QED) is 0.796. The van der Waals surface area contributed by atoms with Crippen molar-refractivity contribution in [1.29, 1.82) is 0 Å². The molecule has 0 radical (unpaired) electrons. The molecule has 2 heteroatoms. The number of carbonyl (C=O) groups excluding carboxylic acids is 1. The van der Waals surface area contributed by atoms with Gasteiger partial charge in [-0.2, -0.15) is 0 Å². The third-order valence-electron chi connectivity index (χ3n) is 5.97. The van der Waals surface area contributed by atoms with Gasteiger partial charge in [0.2, 0.25) is 0 Å². The van der Waals surface area contributed by atoms with Gasteiger partial charge < -0.3 is 4.90 Å². The van der Waals surface area contributed by atoms with Crippen molar-refractivity contribution in [2.45, 2.75) is 50.9 Å². The van der Waals surface area contributed by atoms with E-state index >= 15 is 0 Å². The Hall–Kier alpha value is -1.31. The minimum atomic E-state index is 0.285. The van der Waals surface area contributed by atoms with Crippen LogP contribution in [0.5, 0.6) is 0 Å². The lowest BCUT2D eigenvalue weighted by atomic mass is 9.81. The number of hydrogen-bond donors (Lipinski definition) is 0. The molecule has 1 saturated heterocycles. The van der Waals surface area contributed by atoms with E-state index in [0.717, 1.165) is 30.5 Å². The van der Waals surface area contributed by atoms with E-state index in [4.69, 9.17) is 0 Å². The van der Waals surface area contributed by atoms with Gasteiger partial charge in [-0.25, -0.2) is 0 Å². The Labute approximate surface area is 127 Å². The lowest BCUT2D eigenvalue weighted by Crippen LogP contribution is -2.36. The fourth-order valence-corrected chi connectivity index (χ4v) is 4.91. The molecule has 1 aromatic rings. The number of amides is 1. The highest BCUT2D eigenvalue weighted by atomic mass is 16.2. The van der Waals surface area contributed by atoms with Crippen LogP contribution in [0, 0.1) is 11.8 Å². The Balaban J connectivity index is 1.61. The summed E-state index contributed by atoms with van der Waals surface area (Å²) in [6.45, 7) is 1.90. The summed E-state index contributed by atoms with van der Waals surface area (Å²) in [5.41, 5.74) is 2.34. The zero-order chi connectivity index (χ0) is 14.2. The Morgan fingerprint density at radius 2 is 1.81 bits per heavy atom. The number of benzene rings is 1. The van der Waals surface area contributed by atoms with E-state index in [0.29, 0.717) is 5.92 Å². The van der Waals surface area contributed by atoms with Crippen molar-refractivity contribution in [1.82, 2.24) is 4.90 Å². The van der Waals surface area contributed by atoms with Gasteiger partial charge in [-0.05, 0) is 67.9 Å². The fourth-order valence-electron chi connectivity index (χ4n) is 4.91. The van der Waals surface area contributed by atoms with Crippen molar-refractivity contribution < 1.29 is 4.79 Å². The van der Waals surface area contributed by atoms with Gasteiger partial charge >= 0.3 is 0 Å². The zero-order valence-corrected chi connectivity index (χ0v) is 12.8. The van der Waals surface area contributed by atoms with Crippen LogP contribution in [0.1, 0.15) is 66.8 Å². The zero-order valence-electron chi connectivity index (χ0n) is 12.8. The van der Waals surface area contributed by atoms with Crippen molar-refractivity contribution in [3.63, 3.8) is 0 Å². The standard InChI is InChI=1S/C19H25NO/c21-19(20-10-4-1-5-11-20)17-7-3-2-6-16(17)18-13-14-8-9-15(18)12-14/h2-3,6-7,14-15,18H,1,4-5,8-13H2. The Bertz CT molecular complexity index is 532. The molecule has 2 aliphatic carbocycles. The molecular weight excluding hydrogens is 258 g/mol. The third-order valence-corrected chi connectivity index (χ3v) is 5.97. The van der Waals surface area contributed by atoms with E-state index < -0.39 is 0 Å². The molecule has 0 N–H and O–H groups in total. The molecule has 0 aromatic heterocycles. The SMILES string of the molecule is O=C(c1ccccc1C1CC2CCC1C2)N1CCCCC1. The van der Waals surface area contributed by atoms with Crippen LogP contribution in [0.4, 0.5) is 0 Å². The second-order valence-corrected chi connectivity index (χ2v) is 7.22. The third kappa shape index (κ3) is 2.39. The first kappa shape index (κ1) is 13.4. The van der Waals surface area contributed by atoms with Crippen LogP contribution >= 0.6 is 0 Å². The van der Waals surface area contributed by atoms with Crippen molar-refractivity contribution in [2.75, 3.05) is 13.1 Å². The van der Waals surface area contributed by atoms with Crippen molar-refractivity contribution in [2.24, 2.45) is 11.8 Å². The number of piperidine rings is 1. The first-order valence-corrected chi connectivity index (χ1v) is 8.71. The molecule has 21 heavy (non-hydrogen) atoms.